The number of carbonyl (C=O) groups is 1. The van der Waals surface area contributed by atoms with Crippen LogP contribution in [0.4, 0.5) is 0 Å². The summed E-state index contributed by atoms with van der Waals surface area (Å²) in [6, 6.07) is 1.89. The fourth-order valence-electron chi connectivity index (χ4n) is 7.74. The van der Waals surface area contributed by atoms with Crippen LogP contribution in [0, 0.1) is 40.9 Å². The molecule has 3 aliphatic carbocycles. The van der Waals surface area contributed by atoms with Crippen molar-refractivity contribution in [3.8, 4) is 0 Å². The van der Waals surface area contributed by atoms with E-state index >= 15 is 0 Å². The highest BCUT2D eigenvalue weighted by molar-refractivity contribution is 5.97. The number of aryl methyl sites for hydroxylation is 1. The molecule has 7 atom stereocenters. The smallest absolute Gasteiger partial charge is 0.184 e. The molecule has 0 saturated heterocycles. The summed E-state index contributed by atoms with van der Waals surface area (Å²) in [5.41, 5.74) is 0.938. The van der Waals surface area contributed by atoms with Crippen LogP contribution in [0.1, 0.15) is 82.1 Å². The summed E-state index contributed by atoms with van der Waals surface area (Å²) in [7, 11) is 1.89. The molecular weight excluding hydrogens is 348 g/mol. The van der Waals surface area contributed by atoms with Gasteiger partial charge >= 0.3 is 0 Å². The maximum atomic E-state index is 13.4. The number of rotatable bonds is 6. The molecule has 0 spiro atoms. The molecule has 0 amide bonds. The van der Waals surface area contributed by atoms with E-state index < -0.39 is 0 Å². The third-order valence-electron chi connectivity index (χ3n) is 9.13. The van der Waals surface area contributed by atoms with Crippen LogP contribution in [-0.4, -0.2) is 27.3 Å². The van der Waals surface area contributed by atoms with E-state index in [-0.39, 0.29) is 11.3 Å². The van der Waals surface area contributed by atoms with Gasteiger partial charge in [0.15, 0.2) is 5.78 Å². The molecule has 0 bridgehead atoms. The lowest BCUT2D eigenvalue weighted by molar-refractivity contribution is -0.0517. The molecule has 0 aromatic carbocycles. The first-order chi connectivity index (χ1) is 13.5. The molecule has 4 nitrogen and oxygen atoms in total. The summed E-state index contributed by atoms with van der Waals surface area (Å²) in [5, 5.41) is 13.6. The van der Waals surface area contributed by atoms with Crippen molar-refractivity contribution in [2.24, 2.45) is 48.0 Å². The van der Waals surface area contributed by atoms with Crippen molar-refractivity contribution >= 4 is 5.78 Å². The Balaban J connectivity index is 1.56. The molecule has 3 aliphatic rings. The molecule has 1 heterocycles. The van der Waals surface area contributed by atoms with Crippen LogP contribution >= 0.6 is 0 Å². The number of carbonyl (C=O) groups excluding carboxylic acids is 1. The first kappa shape index (κ1) is 20.1. The highest BCUT2D eigenvalue weighted by Gasteiger charge is 2.58. The number of ketones is 1. The summed E-state index contributed by atoms with van der Waals surface area (Å²) < 4.78 is 1.75. The molecule has 0 unspecified atom stereocenters. The summed E-state index contributed by atoms with van der Waals surface area (Å²) >= 11 is 0. The average Bonchev–Trinajstić information content (AvgIpc) is 3.28. The number of aliphatic hydroxyl groups is 1. The minimum atomic E-state index is 0.156. The maximum Gasteiger partial charge on any atom is 0.184 e. The summed E-state index contributed by atoms with van der Waals surface area (Å²) in [4.78, 5) is 13.4. The van der Waals surface area contributed by atoms with Crippen LogP contribution in [0.2, 0.25) is 0 Å². The normalized spacial score (nSPS) is 40.1. The van der Waals surface area contributed by atoms with Crippen LogP contribution < -0.4 is 0 Å². The number of fused-ring (bicyclic) bond motifs is 3. The van der Waals surface area contributed by atoms with E-state index in [2.05, 4.69) is 18.9 Å². The van der Waals surface area contributed by atoms with E-state index in [1.807, 2.05) is 13.1 Å². The molecule has 3 fully saturated rings. The van der Waals surface area contributed by atoms with E-state index in [1.165, 1.54) is 44.9 Å². The van der Waals surface area contributed by atoms with E-state index in [9.17, 15) is 9.90 Å². The monoisotopic (exact) mass is 386 g/mol. The minimum Gasteiger partial charge on any atom is -0.396 e. The number of hydrogen-bond acceptors (Lipinski definition) is 3. The average molecular weight is 387 g/mol. The summed E-state index contributed by atoms with van der Waals surface area (Å²) in [6.07, 6.45) is 12.6. The van der Waals surface area contributed by atoms with Crippen molar-refractivity contribution < 1.29 is 9.90 Å². The van der Waals surface area contributed by atoms with Crippen LogP contribution in [-0.2, 0) is 7.05 Å². The zero-order valence-electron chi connectivity index (χ0n) is 17.9. The second-order valence-corrected chi connectivity index (χ2v) is 10.1. The molecule has 156 valence electrons. The molecule has 0 aliphatic heterocycles. The largest absolute Gasteiger partial charge is 0.396 e. The van der Waals surface area contributed by atoms with Gasteiger partial charge in [0.25, 0.3) is 0 Å². The molecule has 1 aromatic rings. The standard InChI is InChI=1S/C24H38N2O2/c1-4-16-7-8-19-18(17(16)6-5-15-27)11-13-24(2)20(19)9-10-21(24)23(28)22-12-14-25-26(22)3/h12,14,16-21,27H,4-11,13,15H2,1-3H3/t16-,17-,18+,19+,20-,21+,24-/m0/s1. The van der Waals surface area contributed by atoms with Gasteiger partial charge in [0.05, 0.1) is 0 Å². The first-order valence-electron chi connectivity index (χ1n) is 11.6. The topological polar surface area (TPSA) is 55.1 Å². The third-order valence-corrected chi connectivity index (χ3v) is 9.13. The molecule has 0 radical (unpaired) electrons. The minimum absolute atomic E-state index is 0.156. The second kappa shape index (κ2) is 7.93. The lowest BCUT2D eigenvalue weighted by Gasteiger charge is -2.54. The van der Waals surface area contributed by atoms with Crippen molar-refractivity contribution in [1.82, 2.24) is 9.78 Å². The lowest BCUT2D eigenvalue weighted by atomic mass is 9.50. The van der Waals surface area contributed by atoms with E-state index in [1.54, 1.807) is 10.9 Å². The van der Waals surface area contributed by atoms with Crippen molar-refractivity contribution in [2.45, 2.75) is 71.6 Å². The van der Waals surface area contributed by atoms with Gasteiger partial charge in [-0.05, 0) is 92.4 Å². The van der Waals surface area contributed by atoms with Crippen molar-refractivity contribution in [1.29, 1.82) is 0 Å². The van der Waals surface area contributed by atoms with Gasteiger partial charge in [-0.2, -0.15) is 5.10 Å². The Labute approximate surface area is 170 Å². The van der Waals surface area contributed by atoms with E-state index in [0.717, 1.165) is 42.2 Å². The highest BCUT2D eigenvalue weighted by Crippen LogP contribution is 2.64. The number of aromatic nitrogens is 2. The Kier molecular flexibility index (Phi) is 5.70. The zero-order valence-corrected chi connectivity index (χ0v) is 17.9. The molecule has 3 saturated carbocycles. The fourth-order valence-corrected chi connectivity index (χ4v) is 7.74. The molecule has 4 rings (SSSR count). The van der Waals surface area contributed by atoms with Gasteiger partial charge in [-0.3, -0.25) is 9.48 Å². The number of hydrogen-bond donors (Lipinski definition) is 1. The second-order valence-electron chi connectivity index (χ2n) is 10.1. The highest BCUT2D eigenvalue weighted by atomic mass is 16.2. The van der Waals surface area contributed by atoms with Crippen molar-refractivity contribution in [3.05, 3.63) is 18.0 Å². The van der Waals surface area contributed by atoms with E-state index in [4.69, 9.17) is 0 Å². The van der Waals surface area contributed by atoms with Gasteiger partial charge in [0.1, 0.15) is 5.69 Å². The molecule has 1 N–H and O–H groups in total. The van der Waals surface area contributed by atoms with Gasteiger partial charge in [-0.15, -0.1) is 0 Å². The van der Waals surface area contributed by atoms with Crippen LogP contribution in [0.3, 0.4) is 0 Å². The summed E-state index contributed by atoms with van der Waals surface area (Å²) in [6.45, 7) is 5.10. The van der Waals surface area contributed by atoms with Crippen LogP contribution in [0.5, 0.6) is 0 Å². The SMILES string of the molecule is CC[C@H]1CC[C@@H]2[C@H](CC[C@]3(C)[C@@H](C(=O)c4ccnn4C)CC[C@@H]23)[C@H]1CCCO. The Morgan fingerprint density at radius 2 is 2.07 bits per heavy atom. The Morgan fingerprint density at radius 1 is 1.25 bits per heavy atom. The van der Waals surface area contributed by atoms with Crippen molar-refractivity contribution in [3.63, 3.8) is 0 Å². The van der Waals surface area contributed by atoms with Crippen LogP contribution in [0.15, 0.2) is 12.3 Å². The lowest BCUT2D eigenvalue weighted by Crippen LogP contribution is -2.48. The quantitative estimate of drug-likeness (QED) is 0.710. The zero-order chi connectivity index (χ0) is 19.9. The third kappa shape index (κ3) is 3.16. The Bertz CT molecular complexity index is 699. The first-order valence-corrected chi connectivity index (χ1v) is 11.6. The van der Waals surface area contributed by atoms with E-state index in [0.29, 0.717) is 18.3 Å². The van der Waals surface area contributed by atoms with Gasteiger partial charge < -0.3 is 5.11 Å². The number of nitrogens with zero attached hydrogens (tertiary/aromatic N) is 2. The predicted molar refractivity (Wildman–Crippen MR) is 111 cm³/mol. The molecule has 1 aromatic heterocycles. The van der Waals surface area contributed by atoms with Crippen molar-refractivity contribution in [2.75, 3.05) is 6.61 Å². The summed E-state index contributed by atoms with van der Waals surface area (Å²) in [5.74, 6) is 4.40. The van der Waals surface area contributed by atoms with Gasteiger partial charge in [-0.25, -0.2) is 0 Å². The van der Waals surface area contributed by atoms with Gasteiger partial charge in [0, 0.05) is 25.8 Å². The fraction of sp³-hybridized carbons (Fsp3) is 0.833. The van der Waals surface area contributed by atoms with Gasteiger partial charge in [0.2, 0.25) is 0 Å². The predicted octanol–water partition coefficient (Wildman–Crippen LogP) is 4.87. The Morgan fingerprint density at radius 3 is 2.75 bits per heavy atom. The maximum absolute atomic E-state index is 13.4. The van der Waals surface area contributed by atoms with Gasteiger partial charge in [-0.1, -0.05) is 20.3 Å². The number of aliphatic hydroxyl groups excluding tert-OH is 1. The molecular formula is C24H38N2O2. The molecule has 4 heteroatoms. The Hall–Kier alpha value is -1.16. The number of Topliss-reactive ketones (excluding diaryl/α,β-unsaturated/α-hetero) is 1. The molecule has 28 heavy (non-hydrogen) atoms. The van der Waals surface area contributed by atoms with Crippen LogP contribution in [0.25, 0.3) is 0 Å².